The maximum Gasteiger partial charge on any atom is 0.317 e. The number of ether oxygens (including phenoxy) is 1. The maximum absolute atomic E-state index is 14.2. The van der Waals surface area contributed by atoms with Crippen molar-refractivity contribution in [2.24, 2.45) is 17.3 Å². The summed E-state index contributed by atoms with van der Waals surface area (Å²) in [6.07, 6.45) is 9.44. The summed E-state index contributed by atoms with van der Waals surface area (Å²) in [6, 6.07) is 29.4. The Hall–Kier alpha value is -3.65. The average molecular weight is 459 g/mol. The molecule has 1 fully saturated rings. The molecule has 0 radical (unpaired) electrons. The van der Waals surface area contributed by atoms with Crippen LogP contribution in [-0.2, 0) is 22.6 Å². The van der Waals surface area contributed by atoms with Crippen molar-refractivity contribution in [2.75, 3.05) is 0 Å². The van der Waals surface area contributed by atoms with E-state index in [4.69, 9.17) is 4.74 Å². The number of rotatable bonds is 6. The molecule has 0 aliphatic heterocycles. The van der Waals surface area contributed by atoms with Gasteiger partial charge in [-0.15, -0.1) is 0 Å². The van der Waals surface area contributed by atoms with Gasteiger partial charge in [-0.2, -0.15) is 0 Å². The lowest BCUT2D eigenvalue weighted by Crippen LogP contribution is -2.40. The molecule has 6 rings (SSSR count). The predicted octanol–water partition coefficient (Wildman–Crippen LogP) is 7.81. The van der Waals surface area contributed by atoms with Gasteiger partial charge in [-0.3, -0.25) is 4.79 Å². The summed E-state index contributed by atoms with van der Waals surface area (Å²) in [5.74, 6) is 0.437. The number of esters is 1. The molecule has 0 amide bonds. The number of benzene rings is 4. The molecule has 0 spiro atoms. The molecule has 2 nitrogen and oxygen atoms in total. The minimum atomic E-state index is -0.628. The highest BCUT2D eigenvalue weighted by Crippen LogP contribution is 2.58. The molecule has 4 aromatic carbocycles. The molecule has 0 aromatic heterocycles. The molecule has 0 heterocycles. The lowest BCUT2D eigenvalue weighted by atomic mass is 9.68. The lowest BCUT2D eigenvalue weighted by Gasteiger charge is -2.36. The number of carbonyl (C=O) groups is 1. The molecule has 3 atom stereocenters. The van der Waals surface area contributed by atoms with Crippen LogP contribution in [0, 0.1) is 17.3 Å². The van der Waals surface area contributed by atoms with E-state index in [1.807, 2.05) is 6.07 Å². The van der Waals surface area contributed by atoms with Crippen molar-refractivity contribution >= 4 is 27.5 Å². The number of hydrogen-bond donors (Lipinski definition) is 0. The van der Waals surface area contributed by atoms with Crippen LogP contribution in [0.1, 0.15) is 30.9 Å². The zero-order valence-electron chi connectivity index (χ0n) is 20.1. The van der Waals surface area contributed by atoms with E-state index >= 15 is 0 Å². The van der Waals surface area contributed by atoms with Crippen molar-refractivity contribution in [3.8, 4) is 0 Å². The van der Waals surface area contributed by atoms with E-state index < -0.39 is 5.41 Å². The third kappa shape index (κ3) is 3.60. The summed E-state index contributed by atoms with van der Waals surface area (Å²) in [5.41, 5.74) is 2.89. The molecule has 2 aliphatic rings. The van der Waals surface area contributed by atoms with Crippen molar-refractivity contribution in [1.29, 1.82) is 0 Å². The van der Waals surface area contributed by atoms with Gasteiger partial charge in [-0.05, 0) is 69.8 Å². The van der Waals surface area contributed by atoms with Gasteiger partial charge in [0.25, 0.3) is 0 Å². The molecule has 1 saturated carbocycles. The lowest BCUT2D eigenvalue weighted by molar-refractivity contribution is -0.156. The second-order valence-electron chi connectivity index (χ2n) is 9.91. The van der Waals surface area contributed by atoms with Gasteiger partial charge < -0.3 is 4.74 Å². The van der Waals surface area contributed by atoms with E-state index in [1.165, 1.54) is 21.9 Å². The quantitative estimate of drug-likeness (QED) is 0.167. The van der Waals surface area contributed by atoms with Crippen LogP contribution in [0.3, 0.4) is 0 Å². The largest absolute Gasteiger partial charge is 0.460 e. The van der Waals surface area contributed by atoms with Crippen molar-refractivity contribution < 1.29 is 9.53 Å². The van der Waals surface area contributed by atoms with E-state index in [0.29, 0.717) is 12.3 Å². The SMILES string of the molecule is CC/C=C1\[C@@H]2C=C[C@@H](C2)[C@]1(Cc1ccccc1)C(=O)OCc1c2ccccc2cc2ccccc12. The molecule has 2 heteroatoms. The van der Waals surface area contributed by atoms with Crippen LogP contribution in [0.2, 0.25) is 0 Å². The molecule has 0 N–H and O–H groups in total. The van der Waals surface area contributed by atoms with Crippen LogP contribution in [0.5, 0.6) is 0 Å². The van der Waals surface area contributed by atoms with Crippen LogP contribution >= 0.6 is 0 Å². The van der Waals surface area contributed by atoms with Crippen molar-refractivity contribution in [1.82, 2.24) is 0 Å². The van der Waals surface area contributed by atoms with E-state index in [9.17, 15) is 4.79 Å². The molecular formula is C33H30O2. The van der Waals surface area contributed by atoms with E-state index in [2.05, 4.69) is 104 Å². The molecule has 0 unspecified atom stereocenters. The summed E-state index contributed by atoms with van der Waals surface area (Å²) in [7, 11) is 0. The standard InChI is InChI=1S/C33H30O2/c1-2-10-31-26-17-18-27(20-26)33(31,21-23-11-4-3-5-12-23)32(34)35-22-30-28-15-8-6-13-24(28)19-25-14-7-9-16-29(25)30/h3-19,26-27H,2,20-22H2,1H3/b31-10+/t26-,27+,33+/m1/s1. The average Bonchev–Trinajstić information content (AvgIpc) is 3.49. The fourth-order valence-electron chi connectivity index (χ4n) is 6.42. The second-order valence-corrected chi connectivity index (χ2v) is 9.91. The minimum absolute atomic E-state index is 0.0880. The van der Waals surface area contributed by atoms with Crippen LogP contribution in [0.4, 0.5) is 0 Å². The van der Waals surface area contributed by atoms with Crippen LogP contribution < -0.4 is 0 Å². The zero-order chi connectivity index (χ0) is 23.8. The normalized spacial score (nSPS) is 24.0. The molecule has 35 heavy (non-hydrogen) atoms. The van der Waals surface area contributed by atoms with Gasteiger partial charge in [0.15, 0.2) is 0 Å². The summed E-state index contributed by atoms with van der Waals surface area (Å²) in [5, 5.41) is 4.64. The molecule has 174 valence electrons. The fourth-order valence-corrected chi connectivity index (χ4v) is 6.42. The summed E-state index contributed by atoms with van der Waals surface area (Å²) in [6.45, 7) is 2.43. The van der Waals surface area contributed by atoms with Crippen LogP contribution in [0.15, 0.2) is 109 Å². The monoisotopic (exact) mass is 458 g/mol. The molecule has 0 saturated heterocycles. The Morgan fingerprint density at radius 1 is 0.914 bits per heavy atom. The first-order valence-corrected chi connectivity index (χ1v) is 12.7. The highest BCUT2D eigenvalue weighted by atomic mass is 16.5. The van der Waals surface area contributed by atoms with E-state index in [-0.39, 0.29) is 18.5 Å². The van der Waals surface area contributed by atoms with Gasteiger partial charge in [0.1, 0.15) is 6.61 Å². The topological polar surface area (TPSA) is 26.3 Å². The Labute approximate surface area is 206 Å². The second kappa shape index (κ2) is 8.85. The first kappa shape index (κ1) is 21.9. The Balaban J connectivity index is 1.41. The Morgan fingerprint density at radius 3 is 2.26 bits per heavy atom. The van der Waals surface area contributed by atoms with Gasteiger partial charge in [0.05, 0.1) is 5.41 Å². The van der Waals surface area contributed by atoms with Crippen molar-refractivity contribution in [3.05, 3.63) is 120 Å². The zero-order valence-corrected chi connectivity index (χ0v) is 20.1. The minimum Gasteiger partial charge on any atom is -0.460 e. The fraction of sp³-hybridized carbons (Fsp3) is 0.242. The third-order valence-electron chi connectivity index (χ3n) is 7.98. The number of fused-ring (bicyclic) bond motifs is 4. The van der Waals surface area contributed by atoms with Gasteiger partial charge in [0, 0.05) is 5.56 Å². The van der Waals surface area contributed by atoms with Crippen molar-refractivity contribution in [3.63, 3.8) is 0 Å². The van der Waals surface area contributed by atoms with Gasteiger partial charge >= 0.3 is 5.97 Å². The Bertz CT molecular complexity index is 1410. The summed E-state index contributed by atoms with van der Waals surface area (Å²) < 4.78 is 6.32. The van der Waals surface area contributed by atoms with Gasteiger partial charge in [0.2, 0.25) is 0 Å². The van der Waals surface area contributed by atoms with Crippen LogP contribution in [-0.4, -0.2) is 5.97 Å². The summed E-state index contributed by atoms with van der Waals surface area (Å²) >= 11 is 0. The van der Waals surface area contributed by atoms with Crippen LogP contribution in [0.25, 0.3) is 21.5 Å². The van der Waals surface area contributed by atoms with Gasteiger partial charge in [-0.25, -0.2) is 0 Å². The first-order chi connectivity index (χ1) is 17.2. The predicted molar refractivity (Wildman–Crippen MR) is 143 cm³/mol. The molecule has 2 aliphatic carbocycles. The Kier molecular flexibility index (Phi) is 5.53. The molecule has 2 bridgehead atoms. The highest BCUT2D eigenvalue weighted by molar-refractivity contribution is 6.02. The van der Waals surface area contributed by atoms with Crippen molar-refractivity contribution in [2.45, 2.75) is 32.8 Å². The first-order valence-electron chi connectivity index (χ1n) is 12.7. The molecular weight excluding hydrogens is 428 g/mol. The van der Waals surface area contributed by atoms with Gasteiger partial charge in [-0.1, -0.05) is 104 Å². The highest BCUT2D eigenvalue weighted by Gasteiger charge is 2.57. The molecule has 4 aromatic rings. The summed E-state index contributed by atoms with van der Waals surface area (Å²) in [4.78, 5) is 14.2. The number of carbonyl (C=O) groups excluding carboxylic acids is 1. The Morgan fingerprint density at radius 2 is 1.57 bits per heavy atom. The smallest absolute Gasteiger partial charge is 0.317 e. The van der Waals surface area contributed by atoms with E-state index in [0.717, 1.165) is 29.2 Å². The number of hydrogen-bond acceptors (Lipinski definition) is 2. The maximum atomic E-state index is 14.2. The number of allylic oxidation sites excluding steroid dienone is 3. The third-order valence-corrected chi connectivity index (χ3v) is 7.98. The van der Waals surface area contributed by atoms with E-state index in [1.54, 1.807) is 0 Å².